The normalized spacial score (nSPS) is 11.0. The number of amides is 1. The molecule has 0 unspecified atom stereocenters. The first kappa shape index (κ1) is 22.1. The Morgan fingerprint density at radius 2 is 1.28 bits per heavy atom. The van der Waals surface area contributed by atoms with Crippen molar-refractivity contribution in [3.63, 3.8) is 0 Å². The Balaban J connectivity index is 2.08. The number of carbonyl (C=O) groups is 1. The second-order valence-electron chi connectivity index (χ2n) is 6.83. The van der Waals surface area contributed by atoms with Crippen LogP contribution in [-0.4, -0.2) is 15.8 Å². The molecule has 1 amide bonds. The van der Waals surface area contributed by atoms with E-state index >= 15 is 0 Å². The first-order valence-corrected chi connectivity index (χ1v) is 9.60. The average molecular weight is 429 g/mol. The molecule has 0 aliphatic carbocycles. The third-order valence-corrected chi connectivity index (χ3v) is 4.54. The van der Waals surface area contributed by atoms with Crippen molar-refractivity contribution < 1.29 is 14.6 Å². The topological polar surface area (TPSA) is 115 Å². The number of carbonyl (C=O) groups excluding carboxylic acids is 1. The molecular weight excluding hydrogens is 410 g/mol. The summed E-state index contributed by atoms with van der Waals surface area (Å²) >= 11 is 0. The Kier molecular flexibility index (Phi) is 6.87. The van der Waals surface area contributed by atoms with Crippen molar-refractivity contribution in [1.29, 1.82) is 0 Å². The molecule has 3 aromatic carbocycles. The Labute approximate surface area is 183 Å². The molecular formula is C24H19N3O5. The lowest BCUT2D eigenvalue weighted by atomic mass is 10.0. The van der Waals surface area contributed by atoms with Gasteiger partial charge in [0.05, 0.1) is 27.0 Å². The number of benzene rings is 3. The Hall–Kier alpha value is -4.59. The summed E-state index contributed by atoms with van der Waals surface area (Å²) in [5.74, 6) is -0.250. The molecule has 0 bridgehead atoms. The van der Waals surface area contributed by atoms with E-state index in [9.17, 15) is 25.0 Å². The first-order valence-electron chi connectivity index (χ1n) is 9.60. The van der Waals surface area contributed by atoms with Crippen LogP contribution in [0, 0.1) is 20.2 Å². The summed E-state index contributed by atoms with van der Waals surface area (Å²) in [6.07, 6.45) is 6.38. The number of nitrogens with zero attached hydrogens (tertiary/aromatic N) is 2. The second-order valence-corrected chi connectivity index (χ2v) is 6.83. The zero-order chi connectivity index (χ0) is 23.1. The van der Waals surface area contributed by atoms with Gasteiger partial charge in [0.1, 0.15) is 0 Å². The third kappa shape index (κ3) is 5.51. The number of nitrogens with one attached hydrogen (secondary N) is 1. The van der Waals surface area contributed by atoms with Crippen molar-refractivity contribution in [3.05, 3.63) is 109 Å². The van der Waals surface area contributed by atoms with Crippen molar-refractivity contribution >= 4 is 47.3 Å². The van der Waals surface area contributed by atoms with Crippen LogP contribution in [0.1, 0.15) is 29.2 Å². The number of nitro groups is 2. The van der Waals surface area contributed by atoms with E-state index in [0.29, 0.717) is 11.3 Å². The number of hydrogen-bond donors (Lipinski definition) is 1. The monoisotopic (exact) mass is 429 g/mol. The van der Waals surface area contributed by atoms with Crippen LogP contribution in [0.2, 0.25) is 0 Å². The molecule has 1 N–H and O–H groups in total. The highest BCUT2D eigenvalue weighted by molar-refractivity contribution is 5.92. The van der Waals surface area contributed by atoms with Crippen molar-refractivity contribution in [1.82, 2.24) is 0 Å². The van der Waals surface area contributed by atoms with Gasteiger partial charge in [-0.15, -0.1) is 0 Å². The van der Waals surface area contributed by atoms with Crippen LogP contribution in [0.25, 0.3) is 24.3 Å². The lowest BCUT2D eigenvalue weighted by Gasteiger charge is -2.06. The van der Waals surface area contributed by atoms with Crippen LogP contribution in [0.5, 0.6) is 0 Å². The maximum atomic E-state index is 11.6. The highest BCUT2D eigenvalue weighted by Gasteiger charge is 2.22. The number of rotatable bonds is 7. The van der Waals surface area contributed by atoms with E-state index in [4.69, 9.17) is 0 Å². The molecule has 0 heterocycles. The summed E-state index contributed by atoms with van der Waals surface area (Å²) < 4.78 is 0. The van der Waals surface area contributed by atoms with E-state index < -0.39 is 9.85 Å². The van der Waals surface area contributed by atoms with Gasteiger partial charge in [0.2, 0.25) is 5.91 Å². The number of nitro benzene ring substituents is 2. The predicted molar refractivity (Wildman–Crippen MR) is 125 cm³/mol. The van der Waals surface area contributed by atoms with Gasteiger partial charge in [0.25, 0.3) is 11.4 Å². The Bertz CT molecular complexity index is 1230. The average Bonchev–Trinajstić information content (AvgIpc) is 2.77. The van der Waals surface area contributed by atoms with E-state index in [-0.39, 0.29) is 28.4 Å². The maximum Gasteiger partial charge on any atom is 0.283 e. The summed E-state index contributed by atoms with van der Waals surface area (Å²) in [7, 11) is 0. The summed E-state index contributed by atoms with van der Waals surface area (Å²) in [4.78, 5) is 33.2. The Morgan fingerprint density at radius 3 is 1.88 bits per heavy atom. The standard InChI is InChI=1S/C24H19N3O5/c1-17(28)25-22-10-6-5-9-19(22)13-14-21-15-20(12-11-18-7-3-2-4-8-18)23(26(29)30)16-24(21)27(31)32/h2-16H,1H3,(H,25,28). The van der Waals surface area contributed by atoms with Crippen LogP contribution in [0.4, 0.5) is 17.1 Å². The molecule has 3 aromatic rings. The lowest BCUT2D eigenvalue weighted by molar-refractivity contribution is -0.394. The van der Waals surface area contributed by atoms with Crippen LogP contribution < -0.4 is 5.32 Å². The molecule has 0 aliphatic heterocycles. The van der Waals surface area contributed by atoms with Crippen LogP contribution in [-0.2, 0) is 4.79 Å². The van der Waals surface area contributed by atoms with Gasteiger partial charge in [-0.1, -0.05) is 60.7 Å². The van der Waals surface area contributed by atoms with Crippen molar-refractivity contribution in [3.8, 4) is 0 Å². The van der Waals surface area contributed by atoms with E-state index in [2.05, 4.69) is 5.32 Å². The van der Waals surface area contributed by atoms with Crippen molar-refractivity contribution in [2.45, 2.75) is 6.92 Å². The number of hydrogen-bond acceptors (Lipinski definition) is 5. The van der Waals surface area contributed by atoms with Gasteiger partial charge in [0, 0.05) is 12.6 Å². The summed E-state index contributed by atoms with van der Waals surface area (Å²) in [6, 6.07) is 18.6. The fourth-order valence-electron chi connectivity index (χ4n) is 3.07. The van der Waals surface area contributed by atoms with Crippen LogP contribution in [0.15, 0.2) is 66.7 Å². The molecule has 0 aromatic heterocycles. The molecule has 0 atom stereocenters. The van der Waals surface area contributed by atoms with Crippen LogP contribution in [0.3, 0.4) is 0 Å². The maximum absolute atomic E-state index is 11.6. The van der Waals surface area contributed by atoms with Gasteiger partial charge >= 0.3 is 0 Å². The molecule has 8 heteroatoms. The zero-order valence-electron chi connectivity index (χ0n) is 17.1. The van der Waals surface area contributed by atoms with E-state index in [0.717, 1.165) is 11.6 Å². The quantitative estimate of drug-likeness (QED) is 0.289. The highest BCUT2D eigenvalue weighted by atomic mass is 16.6. The second kappa shape index (κ2) is 9.94. The van der Waals surface area contributed by atoms with E-state index in [1.165, 1.54) is 19.1 Å². The van der Waals surface area contributed by atoms with E-state index in [1.54, 1.807) is 42.5 Å². The molecule has 3 rings (SSSR count). The largest absolute Gasteiger partial charge is 0.326 e. The minimum atomic E-state index is -0.656. The zero-order valence-corrected chi connectivity index (χ0v) is 17.1. The van der Waals surface area contributed by atoms with Crippen molar-refractivity contribution in [2.24, 2.45) is 0 Å². The van der Waals surface area contributed by atoms with Crippen LogP contribution >= 0.6 is 0 Å². The third-order valence-electron chi connectivity index (χ3n) is 4.54. The van der Waals surface area contributed by atoms with Gasteiger partial charge < -0.3 is 5.32 Å². The fraction of sp³-hybridized carbons (Fsp3) is 0.0417. The molecule has 0 aliphatic rings. The molecule has 0 radical (unpaired) electrons. The van der Waals surface area contributed by atoms with Gasteiger partial charge in [0.15, 0.2) is 0 Å². The molecule has 8 nitrogen and oxygen atoms in total. The smallest absolute Gasteiger partial charge is 0.283 e. The lowest BCUT2D eigenvalue weighted by Crippen LogP contribution is -2.06. The molecule has 0 spiro atoms. The van der Waals surface area contributed by atoms with E-state index in [1.807, 2.05) is 30.3 Å². The number of anilines is 1. The minimum Gasteiger partial charge on any atom is -0.326 e. The molecule has 0 saturated carbocycles. The highest BCUT2D eigenvalue weighted by Crippen LogP contribution is 2.32. The molecule has 0 fully saturated rings. The van der Waals surface area contributed by atoms with Gasteiger partial charge in [-0.05, 0) is 35.4 Å². The predicted octanol–water partition coefficient (Wildman–Crippen LogP) is 5.80. The summed E-state index contributed by atoms with van der Waals surface area (Å²) in [5, 5.41) is 25.8. The molecule has 160 valence electrons. The molecule has 32 heavy (non-hydrogen) atoms. The summed E-state index contributed by atoms with van der Waals surface area (Å²) in [6.45, 7) is 1.38. The summed E-state index contributed by atoms with van der Waals surface area (Å²) in [5.41, 5.74) is 1.70. The number of para-hydroxylation sites is 1. The van der Waals surface area contributed by atoms with Gasteiger partial charge in [-0.25, -0.2) is 0 Å². The first-order chi connectivity index (χ1) is 15.3. The SMILES string of the molecule is CC(=O)Nc1ccccc1C=Cc1cc(C=Cc2ccccc2)c([N+](=O)[O-])cc1[N+](=O)[O-]. The minimum absolute atomic E-state index is 0.200. The van der Waals surface area contributed by atoms with Gasteiger partial charge in [-0.2, -0.15) is 0 Å². The Morgan fingerprint density at radius 1 is 0.750 bits per heavy atom. The fourth-order valence-corrected chi connectivity index (χ4v) is 3.07. The molecule has 0 saturated heterocycles. The van der Waals surface area contributed by atoms with Gasteiger partial charge in [-0.3, -0.25) is 25.0 Å². The van der Waals surface area contributed by atoms with Crippen molar-refractivity contribution in [2.75, 3.05) is 5.32 Å².